The van der Waals surface area contributed by atoms with Gasteiger partial charge in [-0.1, -0.05) is 25.5 Å². The molecule has 1 unspecified atom stereocenters. The Morgan fingerprint density at radius 2 is 1.96 bits per heavy atom. The lowest BCUT2D eigenvalue weighted by Crippen LogP contribution is -2.50. The van der Waals surface area contributed by atoms with Crippen molar-refractivity contribution in [1.82, 2.24) is 10.6 Å². The summed E-state index contributed by atoms with van der Waals surface area (Å²) >= 11 is 4.99. The van der Waals surface area contributed by atoms with E-state index >= 15 is 0 Å². The van der Waals surface area contributed by atoms with Crippen LogP contribution in [0.2, 0.25) is 0 Å². The largest absolute Gasteiger partial charge is 0.497 e. The Labute approximate surface area is 148 Å². The summed E-state index contributed by atoms with van der Waals surface area (Å²) in [6, 6.07) is 6.91. The van der Waals surface area contributed by atoms with Gasteiger partial charge in [-0.05, 0) is 36.3 Å². The molecule has 0 aliphatic carbocycles. The maximum absolute atomic E-state index is 12.9. The molecule has 132 valence electrons. The summed E-state index contributed by atoms with van der Waals surface area (Å²) in [5.74, 6) is 0.239. The summed E-state index contributed by atoms with van der Waals surface area (Å²) in [6.45, 7) is 1.72. The number of thiocarbonyl (C=S) groups is 1. The van der Waals surface area contributed by atoms with Crippen LogP contribution in [0.3, 0.4) is 0 Å². The van der Waals surface area contributed by atoms with E-state index < -0.39 is 21.8 Å². The molecule has 1 atom stereocenters. The van der Waals surface area contributed by atoms with Crippen molar-refractivity contribution in [3.05, 3.63) is 29.8 Å². The summed E-state index contributed by atoms with van der Waals surface area (Å²) in [5, 5.41) is 5.43. The normalized spacial score (nSPS) is 12.6. The molecule has 1 aromatic carbocycles. The fraction of sp³-hybridized carbons (Fsp3) is 0.467. The van der Waals surface area contributed by atoms with E-state index in [-0.39, 0.29) is 11.7 Å². The third-order valence-electron chi connectivity index (χ3n) is 3.65. The van der Waals surface area contributed by atoms with Crippen molar-refractivity contribution < 1.29 is 17.9 Å². The van der Waals surface area contributed by atoms with Gasteiger partial charge in [-0.15, -0.1) is 0 Å². The number of benzene rings is 1. The fourth-order valence-electron chi connectivity index (χ4n) is 2.42. The number of hydrogen-bond donors (Lipinski definition) is 2. The highest BCUT2D eigenvalue weighted by atomic mass is 32.2. The molecule has 0 heterocycles. The van der Waals surface area contributed by atoms with Crippen LogP contribution in [0.5, 0.6) is 5.75 Å². The van der Waals surface area contributed by atoms with E-state index in [1.807, 2.05) is 6.92 Å². The van der Waals surface area contributed by atoms with Gasteiger partial charge in [-0.3, -0.25) is 4.79 Å². The molecule has 1 aromatic rings. The summed E-state index contributed by atoms with van der Waals surface area (Å²) in [7, 11) is 0.531. The van der Waals surface area contributed by atoms with Crippen LogP contribution in [-0.4, -0.2) is 40.1 Å². The van der Waals surface area contributed by atoms with Crippen LogP contribution in [-0.2, 0) is 20.7 Å². The highest BCUT2D eigenvalue weighted by molar-refractivity contribution is 7.80. The minimum absolute atomic E-state index is 0.164. The van der Waals surface area contributed by atoms with E-state index in [0.29, 0.717) is 24.2 Å². The van der Waals surface area contributed by atoms with Crippen molar-refractivity contribution in [3.63, 3.8) is 0 Å². The number of hydrogen-bond acceptors (Lipinski definition) is 6. The topological polar surface area (TPSA) is 96.9 Å². The third kappa shape index (κ3) is 5.00. The molecule has 0 saturated heterocycles. The number of nitrogens with one attached hydrogen (secondary N) is 2. The van der Waals surface area contributed by atoms with E-state index in [4.69, 9.17) is 17.0 Å². The highest BCUT2D eigenvalue weighted by Gasteiger charge is 2.40. The van der Waals surface area contributed by atoms with Crippen molar-refractivity contribution in [1.29, 1.82) is 0 Å². The van der Waals surface area contributed by atoms with E-state index in [1.54, 1.807) is 38.4 Å². The smallest absolute Gasteiger partial charge is 0.311 e. The molecule has 9 heteroatoms. The van der Waals surface area contributed by atoms with Crippen LogP contribution >= 0.6 is 12.2 Å². The second-order valence-electron chi connectivity index (χ2n) is 5.10. The standard InChI is InChI=1S/C15H21N3O4S2/c1-4-9-15(10-17-24(20)21,13(19)18-14(23)16-2)11-5-7-12(22-3)8-6-11/h5-8H,4,9-10H2,1-3H3,(H2,16,18,19,23). The van der Waals surface area contributed by atoms with Gasteiger partial charge in [-0.2, -0.15) is 12.8 Å². The monoisotopic (exact) mass is 371 g/mol. The van der Waals surface area contributed by atoms with Crippen LogP contribution in [0, 0.1) is 0 Å². The van der Waals surface area contributed by atoms with Gasteiger partial charge in [-0.25, -0.2) is 0 Å². The van der Waals surface area contributed by atoms with E-state index in [9.17, 15) is 13.2 Å². The molecule has 0 aliphatic rings. The van der Waals surface area contributed by atoms with Gasteiger partial charge in [0, 0.05) is 7.05 Å². The number of carbonyl (C=O) groups excluding carboxylic acids is 1. The zero-order valence-electron chi connectivity index (χ0n) is 13.8. The summed E-state index contributed by atoms with van der Waals surface area (Å²) in [5.41, 5.74) is -0.488. The van der Waals surface area contributed by atoms with Gasteiger partial charge >= 0.3 is 10.5 Å². The predicted octanol–water partition coefficient (Wildman–Crippen LogP) is 1.42. The maximum atomic E-state index is 12.9. The number of nitrogens with zero attached hydrogens (tertiary/aromatic N) is 1. The average molecular weight is 371 g/mol. The molecule has 1 amide bonds. The Kier molecular flexibility index (Phi) is 7.80. The van der Waals surface area contributed by atoms with Gasteiger partial charge in [0.2, 0.25) is 5.91 Å². The van der Waals surface area contributed by atoms with Crippen LogP contribution in [0.25, 0.3) is 0 Å². The highest BCUT2D eigenvalue weighted by Crippen LogP contribution is 2.32. The maximum Gasteiger partial charge on any atom is 0.311 e. The van der Waals surface area contributed by atoms with Gasteiger partial charge in [0.1, 0.15) is 5.75 Å². The lowest BCUT2D eigenvalue weighted by molar-refractivity contribution is -0.125. The van der Waals surface area contributed by atoms with Gasteiger partial charge in [0.05, 0.1) is 19.1 Å². The first kappa shape index (κ1) is 20.0. The predicted molar refractivity (Wildman–Crippen MR) is 95.6 cm³/mol. The van der Waals surface area contributed by atoms with Crippen LogP contribution < -0.4 is 15.4 Å². The average Bonchev–Trinajstić information content (AvgIpc) is 2.58. The second kappa shape index (κ2) is 9.33. The third-order valence-corrected chi connectivity index (χ3v) is 4.29. The summed E-state index contributed by atoms with van der Waals surface area (Å²) < 4.78 is 30.5. The van der Waals surface area contributed by atoms with Crippen LogP contribution in [0.15, 0.2) is 28.6 Å². The number of rotatable bonds is 7. The molecule has 0 saturated carbocycles. The molecule has 0 aliphatic heterocycles. The molecule has 0 aromatic heterocycles. The first-order valence-corrected chi connectivity index (χ1v) is 8.78. The number of ether oxygens (including phenoxy) is 1. The first-order valence-electron chi connectivity index (χ1n) is 7.34. The molecule has 0 radical (unpaired) electrons. The van der Waals surface area contributed by atoms with Crippen LogP contribution in [0.1, 0.15) is 25.3 Å². The molecule has 0 fully saturated rings. The first-order chi connectivity index (χ1) is 11.4. The zero-order chi connectivity index (χ0) is 18.2. The Hall–Kier alpha value is -2.00. The van der Waals surface area contributed by atoms with E-state index in [2.05, 4.69) is 15.0 Å². The van der Waals surface area contributed by atoms with Crippen molar-refractivity contribution in [2.24, 2.45) is 4.36 Å². The molecule has 1 rings (SSSR count). The van der Waals surface area contributed by atoms with Crippen molar-refractivity contribution in [2.75, 3.05) is 20.7 Å². The summed E-state index contributed by atoms with van der Waals surface area (Å²) in [4.78, 5) is 12.9. The molecule has 0 spiro atoms. The lowest BCUT2D eigenvalue weighted by atomic mass is 9.76. The van der Waals surface area contributed by atoms with Crippen molar-refractivity contribution in [2.45, 2.75) is 25.2 Å². The Bertz CT molecular complexity index is 709. The van der Waals surface area contributed by atoms with Gasteiger partial charge < -0.3 is 15.4 Å². The Morgan fingerprint density at radius 3 is 2.42 bits per heavy atom. The second-order valence-corrected chi connectivity index (χ2v) is 6.20. The Morgan fingerprint density at radius 1 is 1.33 bits per heavy atom. The summed E-state index contributed by atoms with van der Waals surface area (Å²) in [6.07, 6.45) is 1.07. The van der Waals surface area contributed by atoms with Crippen molar-refractivity contribution >= 4 is 33.7 Å². The lowest BCUT2D eigenvalue weighted by Gasteiger charge is -2.31. The van der Waals surface area contributed by atoms with Crippen molar-refractivity contribution in [3.8, 4) is 5.75 Å². The van der Waals surface area contributed by atoms with E-state index in [0.717, 1.165) is 0 Å². The van der Waals surface area contributed by atoms with Crippen LogP contribution in [0.4, 0.5) is 0 Å². The zero-order valence-corrected chi connectivity index (χ0v) is 15.5. The Balaban J connectivity index is 3.40. The molecular formula is C15H21N3O4S2. The molecular weight excluding hydrogens is 350 g/mol. The fourth-order valence-corrected chi connectivity index (χ4v) is 2.83. The number of amides is 1. The van der Waals surface area contributed by atoms with E-state index in [1.165, 1.54) is 0 Å². The minimum Gasteiger partial charge on any atom is -0.497 e. The molecule has 0 bridgehead atoms. The number of methoxy groups -OCH3 is 1. The quantitative estimate of drug-likeness (QED) is 0.704. The molecule has 2 N–H and O–H groups in total. The SMILES string of the molecule is CCCC(CN=S(=O)=O)(C(=O)NC(=S)NC)c1ccc(OC)cc1. The minimum atomic E-state index is -2.60. The van der Waals surface area contributed by atoms with Gasteiger partial charge in [0.25, 0.3) is 0 Å². The molecule has 7 nitrogen and oxygen atoms in total. The molecule has 24 heavy (non-hydrogen) atoms. The number of carbonyl (C=O) groups is 1. The van der Waals surface area contributed by atoms with Gasteiger partial charge in [0.15, 0.2) is 5.11 Å².